The minimum atomic E-state index is -0.538. The average molecular weight is 278 g/mol. The number of rotatable bonds is 2. The largest absolute Gasteiger partial charge is 0.397 e. The average Bonchev–Trinajstić information content (AvgIpc) is 2.91. The second kappa shape index (κ2) is 5.58. The van der Waals surface area contributed by atoms with Crippen molar-refractivity contribution in [2.75, 3.05) is 6.61 Å². The van der Waals surface area contributed by atoms with Gasteiger partial charge in [-0.15, -0.1) is 5.10 Å². The Morgan fingerprint density at radius 3 is 2.53 bits per heavy atom. The molecule has 1 aromatic heterocycles. The van der Waals surface area contributed by atoms with Gasteiger partial charge < -0.3 is 10.2 Å². The summed E-state index contributed by atoms with van der Waals surface area (Å²) in [5, 5.41) is 21.1. The number of nitrogens with zero attached hydrogens (tertiary/aromatic N) is 3. The SMILES string of the molecule is CC(O)c1nc(Br)nn1C1CC1.CCO. The van der Waals surface area contributed by atoms with Crippen LogP contribution in [0.3, 0.4) is 0 Å². The highest BCUT2D eigenvalue weighted by Crippen LogP contribution is 2.36. The Morgan fingerprint density at radius 1 is 1.60 bits per heavy atom. The summed E-state index contributed by atoms with van der Waals surface area (Å²) >= 11 is 3.19. The van der Waals surface area contributed by atoms with Crippen LogP contribution in [0.1, 0.15) is 44.7 Å². The standard InChI is InChI=1S/C7H10BrN3O.C2H6O/c1-4(12)6-9-7(8)10-11(6)5-2-3-5;1-2-3/h4-5,12H,2-3H2,1H3;3H,2H2,1H3. The third kappa shape index (κ3) is 3.55. The summed E-state index contributed by atoms with van der Waals surface area (Å²) in [5.74, 6) is 0.657. The van der Waals surface area contributed by atoms with Gasteiger partial charge in [0.2, 0.25) is 4.73 Å². The molecule has 1 aliphatic carbocycles. The number of aliphatic hydroxyl groups excluding tert-OH is 2. The van der Waals surface area contributed by atoms with Crippen LogP contribution in [0, 0.1) is 0 Å². The first kappa shape index (κ1) is 12.6. The lowest BCUT2D eigenvalue weighted by atomic mass is 10.4. The molecule has 0 aromatic carbocycles. The van der Waals surface area contributed by atoms with Crippen LogP contribution < -0.4 is 0 Å². The van der Waals surface area contributed by atoms with E-state index in [4.69, 9.17) is 5.11 Å². The highest BCUT2D eigenvalue weighted by atomic mass is 79.9. The maximum Gasteiger partial charge on any atom is 0.217 e. The van der Waals surface area contributed by atoms with E-state index in [1.807, 2.05) is 4.68 Å². The summed E-state index contributed by atoms with van der Waals surface area (Å²) < 4.78 is 2.37. The molecular formula is C9H16BrN3O2. The minimum absolute atomic E-state index is 0.250. The maximum atomic E-state index is 9.35. The van der Waals surface area contributed by atoms with Crippen LogP contribution in [-0.2, 0) is 0 Å². The number of hydrogen-bond acceptors (Lipinski definition) is 4. The van der Waals surface area contributed by atoms with Gasteiger partial charge in [0.1, 0.15) is 6.10 Å². The second-order valence-electron chi connectivity index (χ2n) is 3.41. The summed E-state index contributed by atoms with van der Waals surface area (Å²) in [5.41, 5.74) is 0. The molecule has 5 nitrogen and oxygen atoms in total. The quantitative estimate of drug-likeness (QED) is 0.858. The van der Waals surface area contributed by atoms with Crippen LogP contribution in [0.5, 0.6) is 0 Å². The molecule has 1 heterocycles. The Labute approximate surface area is 97.3 Å². The topological polar surface area (TPSA) is 71.2 Å². The molecule has 1 fully saturated rings. The summed E-state index contributed by atoms with van der Waals surface area (Å²) in [6, 6.07) is 0.466. The smallest absolute Gasteiger partial charge is 0.217 e. The van der Waals surface area contributed by atoms with Gasteiger partial charge in [-0.25, -0.2) is 9.67 Å². The molecule has 1 unspecified atom stereocenters. The van der Waals surface area contributed by atoms with Crippen molar-refractivity contribution in [1.29, 1.82) is 0 Å². The van der Waals surface area contributed by atoms with Crippen molar-refractivity contribution in [1.82, 2.24) is 14.8 Å². The molecule has 0 amide bonds. The highest BCUT2D eigenvalue weighted by molar-refractivity contribution is 9.10. The van der Waals surface area contributed by atoms with E-state index < -0.39 is 6.10 Å². The zero-order chi connectivity index (χ0) is 11.4. The molecule has 1 saturated carbocycles. The summed E-state index contributed by atoms with van der Waals surface area (Å²) in [4.78, 5) is 4.09. The van der Waals surface area contributed by atoms with Crippen molar-refractivity contribution in [3.63, 3.8) is 0 Å². The molecule has 15 heavy (non-hydrogen) atoms. The first-order valence-corrected chi connectivity index (χ1v) is 5.80. The summed E-state index contributed by atoms with van der Waals surface area (Å²) in [6.45, 7) is 3.63. The van der Waals surface area contributed by atoms with Crippen LogP contribution in [0.2, 0.25) is 0 Å². The molecule has 0 aliphatic heterocycles. The number of halogens is 1. The lowest BCUT2D eigenvalue weighted by molar-refractivity contribution is 0.181. The van der Waals surface area contributed by atoms with Crippen molar-refractivity contribution in [2.24, 2.45) is 0 Å². The predicted molar refractivity (Wildman–Crippen MR) is 59.4 cm³/mol. The molecule has 2 N–H and O–H groups in total. The molecule has 0 bridgehead atoms. The molecule has 0 spiro atoms. The Balaban J connectivity index is 0.000000337. The first-order valence-electron chi connectivity index (χ1n) is 5.01. The van der Waals surface area contributed by atoms with Gasteiger partial charge in [0.15, 0.2) is 5.82 Å². The van der Waals surface area contributed by atoms with Crippen molar-refractivity contribution in [3.05, 3.63) is 10.6 Å². The maximum absolute atomic E-state index is 9.35. The van der Waals surface area contributed by atoms with Crippen molar-refractivity contribution in [3.8, 4) is 0 Å². The van der Waals surface area contributed by atoms with Gasteiger partial charge in [0.25, 0.3) is 0 Å². The first-order chi connectivity index (χ1) is 7.10. The fourth-order valence-electron chi connectivity index (χ4n) is 1.18. The Bertz CT molecular complexity index is 291. The van der Waals surface area contributed by atoms with Crippen LogP contribution in [0.4, 0.5) is 0 Å². The van der Waals surface area contributed by atoms with E-state index in [1.165, 1.54) is 0 Å². The highest BCUT2D eigenvalue weighted by Gasteiger charge is 2.29. The molecule has 1 aromatic rings. The molecular weight excluding hydrogens is 262 g/mol. The third-order valence-corrected chi connectivity index (χ3v) is 2.23. The van der Waals surface area contributed by atoms with E-state index in [1.54, 1.807) is 13.8 Å². The minimum Gasteiger partial charge on any atom is -0.397 e. The zero-order valence-electron chi connectivity index (χ0n) is 8.89. The van der Waals surface area contributed by atoms with Crippen molar-refractivity contribution >= 4 is 15.9 Å². The zero-order valence-corrected chi connectivity index (χ0v) is 10.5. The number of aromatic nitrogens is 3. The third-order valence-electron chi connectivity index (χ3n) is 1.90. The van der Waals surface area contributed by atoms with E-state index >= 15 is 0 Å². The van der Waals surface area contributed by atoms with Crippen molar-refractivity contribution in [2.45, 2.75) is 38.8 Å². The molecule has 0 saturated heterocycles. The van der Waals surface area contributed by atoms with Gasteiger partial charge in [-0.2, -0.15) is 0 Å². The van der Waals surface area contributed by atoms with Crippen LogP contribution in [-0.4, -0.2) is 31.6 Å². The Hall–Kier alpha value is -0.460. The van der Waals surface area contributed by atoms with Gasteiger partial charge in [0, 0.05) is 6.61 Å². The fraction of sp³-hybridized carbons (Fsp3) is 0.778. The predicted octanol–water partition coefficient (Wildman–Crippen LogP) is 1.43. The number of aliphatic hydroxyl groups is 2. The lowest BCUT2D eigenvalue weighted by Crippen LogP contribution is -2.06. The molecule has 1 atom stereocenters. The summed E-state index contributed by atoms with van der Waals surface area (Å²) in [6.07, 6.45) is 1.76. The van der Waals surface area contributed by atoms with Gasteiger partial charge >= 0.3 is 0 Å². The van der Waals surface area contributed by atoms with Crippen molar-refractivity contribution < 1.29 is 10.2 Å². The molecule has 2 rings (SSSR count). The van der Waals surface area contributed by atoms with E-state index in [-0.39, 0.29) is 6.61 Å². The normalized spacial score (nSPS) is 16.9. The van der Waals surface area contributed by atoms with E-state index in [9.17, 15) is 5.11 Å². The van der Waals surface area contributed by atoms with Gasteiger partial charge in [-0.3, -0.25) is 0 Å². The molecule has 86 valence electrons. The number of hydrogen-bond donors (Lipinski definition) is 2. The van der Waals surface area contributed by atoms with Gasteiger partial charge in [0.05, 0.1) is 6.04 Å². The van der Waals surface area contributed by atoms with Gasteiger partial charge in [-0.1, -0.05) is 0 Å². The summed E-state index contributed by atoms with van der Waals surface area (Å²) in [7, 11) is 0. The lowest BCUT2D eigenvalue weighted by Gasteiger charge is -2.04. The van der Waals surface area contributed by atoms with Crippen LogP contribution in [0.25, 0.3) is 0 Å². The monoisotopic (exact) mass is 277 g/mol. The van der Waals surface area contributed by atoms with E-state index in [0.29, 0.717) is 16.6 Å². The Morgan fingerprint density at radius 2 is 2.13 bits per heavy atom. The van der Waals surface area contributed by atoms with Crippen LogP contribution in [0.15, 0.2) is 4.73 Å². The van der Waals surface area contributed by atoms with Gasteiger partial charge in [-0.05, 0) is 42.6 Å². The van der Waals surface area contributed by atoms with E-state index in [0.717, 1.165) is 12.8 Å². The fourth-order valence-corrected chi connectivity index (χ4v) is 1.53. The molecule has 0 radical (unpaired) electrons. The Kier molecular flexibility index (Phi) is 4.69. The van der Waals surface area contributed by atoms with Crippen LogP contribution >= 0.6 is 15.9 Å². The molecule has 1 aliphatic rings. The van der Waals surface area contributed by atoms with E-state index in [2.05, 4.69) is 26.0 Å². The second-order valence-corrected chi connectivity index (χ2v) is 4.12. The molecule has 6 heteroatoms.